The van der Waals surface area contributed by atoms with E-state index in [2.05, 4.69) is 21.7 Å². The first-order valence-electron chi connectivity index (χ1n) is 10.4. The van der Waals surface area contributed by atoms with Gasteiger partial charge in [-0.05, 0) is 53.9 Å². The molecule has 0 aliphatic carbocycles. The fourth-order valence-corrected chi connectivity index (χ4v) is 4.57. The zero-order valence-corrected chi connectivity index (χ0v) is 18.9. The van der Waals surface area contributed by atoms with Crippen LogP contribution in [0, 0.1) is 17.8 Å². The van der Waals surface area contributed by atoms with Crippen molar-refractivity contribution in [2.24, 2.45) is 5.92 Å². The van der Waals surface area contributed by atoms with Crippen LogP contribution in [-0.4, -0.2) is 39.0 Å². The number of ketones is 1. The van der Waals surface area contributed by atoms with Crippen molar-refractivity contribution >= 4 is 21.3 Å². The number of aromatic nitrogens is 1. The van der Waals surface area contributed by atoms with Gasteiger partial charge in [0.1, 0.15) is 0 Å². The van der Waals surface area contributed by atoms with E-state index >= 15 is 0 Å². The number of Topliss-reactive ketones (excluding diaryl/α,β-unsaturated/α-hetero) is 1. The third-order valence-corrected chi connectivity index (χ3v) is 6.75. The Morgan fingerprint density at radius 2 is 1.88 bits per heavy atom. The number of carbonyl (C=O) groups is 1. The first-order chi connectivity index (χ1) is 15.3. The number of nitrogens with zero attached hydrogens (tertiary/aromatic N) is 2. The van der Waals surface area contributed by atoms with E-state index in [1.54, 1.807) is 36.7 Å². The second-order valence-corrected chi connectivity index (χ2v) is 10.1. The van der Waals surface area contributed by atoms with E-state index < -0.39 is 9.84 Å². The number of fused-ring (bicyclic) bond motifs is 1. The van der Waals surface area contributed by atoms with Crippen molar-refractivity contribution in [2.45, 2.75) is 17.7 Å². The second-order valence-electron chi connectivity index (χ2n) is 8.13. The lowest BCUT2D eigenvalue weighted by Gasteiger charge is -2.32. The van der Waals surface area contributed by atoms with Crippen LogP contribution in [0.2, 0.25) is 0 Å². The van der Waals surface area contributed by atoms with Gasteiger partial charge in [0.2, 0.25) is 0 Å². The highest BCUT2D eigenvalue weighted by molar-refractivity contribution is 7.90. The molecular weight excluding hydrogens is 420 g/mol. The maximum atomic E-state index is 13.3. The Kier molecular flexibility index (Phi) is 6.11. The molecule has 1 unspecified atom stereocenters. The molecule has 0 saturated carbocycles. The number of anilines is 1. The molecule has 0 amide bonds. The van der Waals surface area contributed by atoms with E-state index in [0.29, 0.717) is 24.9 Å². The summed E-state index contributed by atoms with van der Waals surface area (Å²) in [6, 6.07) is 16.4. The van der Waals surface area contributed by atoms with E-state index in [0.717, 1.165) is 22.4 Å². The molecule has 0 N–H and O–H groups in total. The van der Waals surface area contributed by atoms with Gasteiger partial charge in [-0.15, -0.1) is 0 Å². The highest BCUT2D eigenvalue weighted by Gasteiger charge is 2.30. The molecule has 162 valence electrons. The largest absolute Gasteiger partial charge is 0.373 e. The predicted octanol–water partition coefficient (Wildman–Crippen LogP) is 3.57. The van der Waals surface area contributed by atoms with Crippen molar-refractivity contribution < 1.29 is 13.2 Å². The van der Waals surface area contributed by atoms with Crippen molar-refractivity contribution in [1.82, 2.24) is 4.98 Å². The van der Waals surface area contributed by atoms with Gasteiger partial charge in [-0.2, -0.15) is 0 Å². The van der Waals surface area contributed by atoms with Crippen LogP contribution in [0.15, 0.2) is 71.9 Å². The quantitative estimate of drug-likeness (QED) is 0.576. The molecular formula is C26H24N2O3S. The number of hydrogen-bond donors (Lipinski definition) is 0. The van der Waals surface area contributed by atoms with Crippen molar-refractivity contribution in [3.8, 4) is 11.8 Å². The van der Waals surface area contributed by atoms with E-state index in [1.807, 2.05) is 37.4 Å². The summed E-state index contributed by atoms with van der Waals surface area (Å²) >= 11 is 0. The number of hydrogen-bond acceptors (Lipinski definition) is 5. The molecule has 0 saturated heterocycles. The fraction of sp³-hybridized carbons (Fsp3) is 0.231. The van der Waals surface area contributed by atoms with E-state index in [-0.39, 0.29) is 16.6 Å². The average Bonchev–Trinajstić information content (AvgIpc) is 2.78. The summed E-state index contributed by atoms with van der Waals surface area (Å²) in [5.41, 5.74) is 4.41. The fourth-order valence-electron chi connectivity index (χ4n) is 3.94. The number of benzene rings is 2. The summed E-state index contributed by atoms with van der Waals surface area (Å²) in [5, 5.41) is 0. The van der Waals surface area contributed by atoms with Crippen LogP contribution in [0.3, 0.4) is 0 Å². The Bertz CT molecular complexity index is 1300. The zero-order chi connectivity index (χ0) is 22.7. The Hall–Kier alpha value is -3.43. The predicted molar refractivity (Wildman–Crippen MR) is 126 cm³/mol. The molecule has 6 heteroatoms. The monoisotopic (exact) mass is 444 g/mol. The first-order valence-corrected chi connectivity index (χ1v) is 12.3. The summed E-state index contributed by atoms with van der Waals surface area (Å²) < 4.78 is 23.4. The van der Waals surface area contributed by atoms with Crippen LogP contribution in [0.5, 0.6) is 0 Å². The molecule has 1 atom stereocenters. The lowest BCUT2D eigenvalue weighted by Crippen LogP contribution is -2.37. The smallest absolute Gasteiger partial charge is 0.175 e. The lowest BCUT2D eigenvalue weighted by molar-refractivity contribution is 0.0916. The number of carbonyl (C=O) groups excluding carboxylic acids is 1. The maximum absolute atomic E-state index is 13.3. The van der Waals surface area contributed by atoms with Gasteiger partial charge in [0.15, 0.2) is 15.6 Å². The van der Waals surface area contributed by atoms with Crippen LogP contribution in [0.1, 0.15) is 27.0 Å². The molecule has 1 aliphatic heterocycles. The minimum absolute atomic E-state index is 0.0983. The summed E-state index contributed by atoms with van der Waals surface area (Å²) in [6.45, 7) is 0.617. The van der Waals surface area contributed by atoms with Crippen LogP contribution in [-0.2, 0) is 22.7 Å². The summed E-state index contributed by atoms with van der Waals surface area (Å²) in [4.78, 5) is 19.7. The SMILES string of the molecule is CN1CC(Cc2ccc(S(C)(=O)=O)cc2)C(=O)c2cc(C#CCc3cccnc3)ccc21. The van der Waals surface area contributed by atoms with Crippen molar-refractivity contribution in [3.05, 3.63) is 89.2 Å². The van der Waals surface area contributed by atoms with Gasteiger partial charge in [0.25, 0.3) is 0 Å². The molecule has 2 heterocycles. The molecule has 0 fully saturated rings. The zero-order valence-electron chi connectivity index (χ0n) is 18.1. The third-order valence-electron chi connectivity index (χ3n) is 5.62. The molecule has 2 aromatic carbocycles. The highest BCUT2D eigenvalue weighted by atomic mass is 32.2. The van der Waals surface area contributed by atoms with Crippen molar-refractivity contribution in [2.75, 3.05) is 24.7 Å². The van der Waals surface area contributed by atoms with Gasteiger partial charge in [-0.3, -0.25) is 9.78 Å². The molecule has 4 rings (SSSR count). The minimum atomic E-state index is -3.23. The summed E-state index contributed by atoms with van der Waals surface area (Å²) in [7, 11) is -1.25. The molecule has 1 aromatic heterocycles. The van der Waals surface area contributed by atoms with Crippen LogP contribution in [0.4, 0.5) is 5.69 Å². The highest BCUT2D eigenvalue weighted by Crippen LogP contribution is 2.31. The van der Waals surface area contributed by atoms with Gasteiger partial charge in [0.05, 0.1) is 4.90 Å². The molecule has 0 radical (unpaired) electrons. The van der Waals surface area contributed by atoms with Crippen LogP contribution < -0.4 is 4.90 Å². The Balaban J connectivity index is 1.53. The normalized spacial score (nSPS) is 15.6. The van der Waals surface area contributed by atoms with Gasteiger partial charge in [-0.1, -0.05) is 30.0 Å². The van der Waals surface area contributed by atoms with E-state index in [9.17, 15) is 13.2 Å². The topological polar surface area (TPSA) is 67.3 Å². The van der Waals surface area contributed by atoms with Crippen LogP contribution in [0.25, 0.3) is 0 Å². The standard InChI is InChI=1S/C26H24N2O3S/c1-28-18-22(15-20-8-11-23(12-9-20)32(2,30)31)26(29)24-16-19(10-13-25(24)28)5-3-6-21-7-4-14-27-17-21/h4,7-14,16-17,22H,6,15,18H2,1-2H3. The van der Waals surface area contributed by atoms with E-state index in [4.69, 9.17) is 0 Å². The van der Waals surface area contributed by atoms with Gasteiger partial charge >= 0.3 is 0 Å². The summed E-state index contributed by atoms with van der Waals surface area (Å²) in [5.74, 6) is 6.21. The van der Waals surface area contributed by atoms with Crippen LogP contribution >= 0.6 is 0 Å². The molecule has 1 aliphatic rings. The average molecular weight is 445 g/mol. The molecule has 0 bridgehead atoms. The first kappa shape index (κ1) is 21.8. The summed E-state index contributed by atoms with van der Waals surface area (Å²) in [6.07, 6.45) is 5.89. The second kappa shape index (κ2) is 8.97. The molecule has 0 spiro atoms. The van der Waals surface area contributed by atoms with Gasteiger partial charge in [-0.25, -0.2) is 8.42 Å². The number of rotatable bonds is 4. The molecule has 3 aromatic rings. The molecule has 5 nitrogen and oxygen atoms in total. The minimum Gasteiger partial charge on any atom is -0.373 e. The van der Waals surface area contributed by atoms with E-state index in [1.165, 1.54) is 6.26 Å². The van der Waals surface area contributed by atoms with Crippen molar-refractivity contribution in [1.29, 1.82) is 0 Å². The Morgan fingerprint density at radius 3 is 2.56 bits per heavy atom. The van der Waals surface area contributed by atoms with Crippen molar-refractivity contribution in [3.63, 3.8) is 0 Å². The Labute approximate surface area is 189 Å². The number of pyridine rings is 1. The number of sulfone groups is 1. The Morgan fingerprint density at radius 1 is 1.09 bits per heavy atom. The third kappa shape index (κ3) is 4.90. The lowest BCUT2D eigenvalue weighted by atomic mass is 9.86. The molecule has 32 heavy (non-hydrogen) atoms. The van der Waals surface area contributed by atoms with Gasteiger partial charge in [0, 0.05) is 61.4 Å². The van der Waals surface area contributed by atoms with Gasteiger partial charge < -0.3 is 4.90 Å². The maximum Gasteiger partial charge on any atom is 0.175 e.